The molecule has 1 heterocycles. The fourth-order valence-corrected chi connectivity index (χ4v) is 1.19. The number of rotatable bonds is 3. The predicted molar refractivity (Wildman–Crippen MR) is 63.1 cm³/mol. The molecule has 0 aliphatic carbocycles. The number of hydrogen-bond donors (Lipinski definition) is 2. The Balaban J connectivity index is 2.65. The zero-order valence-corrected chi connectivity index (χ0v) is 9.91. The highest BCUT2D eigenvalue weighted by molar-refractivity contribution is 5.37. The lowest BCUT2D eigenvalue weighted by molar-refractivity contribution is 0.208. The summed E-state index contributed by atoms with van der Waals surface area (Å²) in [6, 6.07) is 4.01. The molecule has 1 unspecified atom stereocenters. The fraction of sp³-hybridized carbons (Fsp3) is 0.583. The fourth-order valence-electron chi connectivity index (χ4n) is 1.19. The summed E-state index contributed by atoms with van der Waals surface area (Å²) in [4.78, 5) is 4.29. The van der Waals surface area contributed by atoms with Crippen molar-refractivity contribution in [1.82, 2.24) is 4.98 Å². The Morgan fingerprint density at radius 3 is 2.47 bits per heavy atom. The first-order valence-corrected chi connectivity index (χ1v) is 5.28. The summed E-state index contributed by atoms with van der Waals surface area (Å²) in [5, 5.41) is 12.2. The van der Waals surface area contributed by atoms with Crippen LogP contribution in [0.5, 0.6) is 0 Å². The van der Waals surface area contributed by atoms with E-state index in [1.165, 1.54) is 5.56 Å². The van der Waals surface area contributed by atoms with E-state index < -0.39 is 0 Å². The monoisotopic (exact) mass is 208 g/mol. The van der Waals surface area contributed by atoms with Crippen LogP contribution in [0.4, 0.5) is 5.82 Å². The van der Waals surface area contributed by atoms with Gasteiger partial charge in [0.15, 0.2) is 0 Å². The first-order valence-electron chi connectivity index (χ1n) is 5.28. The first kappa shape index (κ1) is 12.0. The predicted octanol–water partition coefficient (Wildman–Crippen LogP) is 2.17. The Hall–Kier alpha value is -1.09. The lowest BCUT2D eigenvalue weighted by Gasteiger charge is -2.18. The van der Waals surface area contributed by atoms with Crippen LogP contribution < -0.4 is 5.32 Å². The van der Waals surface area contributed by atoms with E-state index in [9.17, 15) is 0 Å². The average molecular weight is 208 g/mol. The van der Waals surface area contributed by atoms with Crippen molar-refractivity contribution in [3.63, 3.8) is 0 Å². The third-order valence-electron chi connectivity index (χ3n) is 2.21. The van der Waals surface area contributed by atoms with Crippen molar-refractivity contribution >= 4 is 5.82 Å². The van der Waals surface area contributed by atoms with E-state index in [2.05, 4.69) is 37.1 Å². The number of pyridine rings is 1. The minimum Gasteiger partial charge on any atom is -0.392 e. The SMILES string of the molecule is CC(O)CNc1ccc(C(C)(C)C)cn1. The minimum atomic E-state index is -0.353. The summed E-state index contributed by atoms with van der Waals surface area (Å²) in [5.41, 5.74) is 1.35. The van der Waals surface area contributed by atoms with Gasteiger partial charge in [0.25, 0.3) is 0 Å². The normalized spacial score (nSPS) is 13.7. The van der Waals surface area contributed by atoms with Crippen molar-refractivity contribution in [2.24, 2.45) is 0 Å². The van der Waals surface area contributed by atoms with Crippen molar-refractivity contribution in [2.75, 3.05) is 11.9 Å². The van der Waals surface area contributed by atoms with Crippen LogP contribution in [0, 0.1) is 0 Å². The molecule has 3 heteroatoms. The average Bonchev–Trinajstić information content (AvgIpc) is 2.14. The van der Waals surface area contributed by atoms with Crippen LogP contribution in [0.2, 0.25) is 0 Å². The molecule has 0 saturated heterocycles. The van der Waals surface area contributed by atoms with Gasteiger partial charge in [-0.15, -0.1) is 0 Å². The molecule has 0 aliphatic rings. The van der Waals surface area contributed by atoms with Crippen molar-refractivity contribution in [2.45, 2.75) is 39.2 Å². The summed E-state index contributed by atoms with van der Waals surface area (Å²) in [6.45, 7) is 8.76. The molecule has 1 aromatic rings. The maximum Gasteiger partial charge on any atom is 0.125 e. The van der Waals surface area contributed by atoms with E-state index in [0.29, 0.717) is 6.54 Å². The molecule has 0 spiro atoms. The van der Waals surface area contributed by atoms with E-state index >= 15 is 0 Å². The van der Waals surface area contributed by atoms with Crippen LogP contribution in [0.15, 0.2) is 18.3 Å². The van der Waals surface area contributed by atoms with Crippen LogP contribution >= 0.6 is 0 Å². The molecule has 0 bridgehead atoms. The largest absolute Gasteiger partial charge is 0.392 e. The zero-order chi connectivity index (χ0) is 11.5. The first-order chi connectivity index (χ1) is 6.89. The molecule has 1 rings (SSSR count). The molecular formula is C12H20N2O. The van der Waals surface area contributed by atoms with Crippen molar-refractivity contribution in [3.05, 3.63) is 23.9 Å². The van der Waals surface area contributed by atoms with Gasteiger partial charge in [0.1, 0.15) is 5.82 Å². The minimum absolute atomic E-state index is 0.135. The van der Waals surface area contributed by atoms with Gasteiger partial charge >= 0.3 is 0 Å². The van der Waals surface area contributed by atoms with E-state index in [1.807, 2.05) is 12.3 Å². The molecule has 0 radical (unpaired) electrons. The molecule has 2 N–H and O–H groups in total. The molecule has 0 aliphatic heterocycles. The second-order valence-corrected chi connectivity index (χ2v) is 4.91. The number of nitrogens with zero attached hydrogens (tertiary/aromatic N) is 1. The molecular weight excluding hydrogens is 188 g/mol. The van der Waals surface area contributed by atoms with E-state index in [-0.39, 0.29) is 11.5 Å². The smallest absolute Gasteiger partial charge is 0.125 e. The summed E-state index contributed by atoms with van der Waals surface area (Å²) < 4.78 is 0. The molecule has 0 aromatic carbocycles. The quantitative estimate of drug-likeness (QED) is 0.800. The zero-order valence-electron chi connectivity index (χ0n) is 9.91. The Morgan fingerprint density at radius 1 is 1.40 bits per heavy atom. The van der Waals surface area contributed by atoms with Gasteiger partial charge in [-0.05, 0) is 24.0 Å². The highest BCUT2D eigenvalue weighted by Gasteiger charge is 2.13. The second kappa shape index (κ2) is 4.62. The summed E-state index contributed by atoms with van der Waals surface area (Å²) in [7, 11) is 0. The maximum absolute atomic E-state index is 9.11. The Kier molecular flexibility index (Phi) is 3.69. The van der Waals surface area contributed by atoms with Crippen molar-refractivity contribution in [1.29, 1.82) is 0 Å². The second-order valence-electron chi connectivity index (χ2n) is 4.91. The van der Waals surface area contributed by atoms with Crippen LogP contribution in [-0.4, -0.2) is 22.7 Å². The molecule has 15 heavy (non-hydrogen) atoms. The van der Waals surface area contributed by atoms with Gasteiger partial charge in [-0.25, -0.2) is 4.98 Å². The van der Waals surface area contributed by atoms with Gasteiger partial charge in [-0.3, -0.25) is 0 Å². The molecule has 1 aromatic heterocycles. The molecule has 3 nitrogen and oxygen atoms in total. The molecule has 0 fully saturated rings. The highest BCUT2D eigenvalue weighted by Crippen LogP contribution is 2.21. The van der Waals surface area contributed by atoms with Crippen LogP contribution in [-0.2, 0) is 5.41 Å². The van der Waals surface area contributed by atoms with Gasteiger partial charge < -0.3 is 10.4 Å². The van der Waals surface area contributed by atoms with Crippen molar-refractivity contribution < 1.29 is 5.11 Å². The number of hydrogen-bond acceptors (Lipinski definition) is 3. The standard InChI is InChI=1S/C12H20N2O/c1-9(15)7-13-11-6-5-10(8-14-11)12(2,3)4/h5-6,8-9,15H,7H2,1-4H3,(H,13,14). The third kappa shape index (κ3) is 3.88. The summed E-state index contributed by atoms with van der Waals surface area (Å²) in [5.74, 6) is 0.809. The van der Waals surface area contributed by atoms with Gasteiger partial charge in [-0.2, -0.15) is 0 Å². The Morgan fingerprint density at radius 2 is 2.07 bits per heavy atom. The highest BCUT2D eigenvalue weighted by atomic mass is 16.3. The van der Waals surface area contributed by atoms with Crippen LogP contribution in [0.25, 0.3) is 0 Å². The van der Waals surface area contributed by atoms with Crippen LogP contribution in [0.3, 0.4) is 0 Å². The third-order valence-corrected chi connectivity index (χ3v) is 2.21. The number of aliphatic hydroxyl groups is 1. The van der Waals surface area contributed by atoms with Gasteiger partial charge in [-0.1, -0.05) is 26.8 Å². The molecule has 0 amide bonds. The van der Waals surface area contributed by atoms with Gasteiger partial charge in [0.2, 0.25) is 0 Å². The number of anilines is 1. The van der Waals surface area contributed by atoms with Crippen LogP contribution in [0.1, 0.15) is 33.3 Å². The lowest BCUT2D eigenvalue weighted by Crippen LogP contribution is -2.16. The maximum atomic E-state index is 9.11. The molecule has 1 atom stereocenters. The van der Waals surface area contributed by atoms with E-state index in [1.54, 1.807) is 6.92 Å². The number of aromatic nitrogens is 1. The summed E-state index contributed by atoms with van der Waals surface area (Å²) in [6.07, 6.45) is 1.53. The lowest BCUT2D eigenvalue weighted by atomic mass is 9.88. The van der Waals surface area contributed by atoms with E-state index in [4.69, 9.17) is 5.11 Å². The van der Waals surface area contributed by atoms with Gasteiger partial charge in [0.05, 0.1) is 6.10 Å². The van der Waals surface area contributed by atoms with E-state index in [0.717, 1.165) is 5.82 Å². The Bertz CT molecular complexity index is 298. The van der Waals surface area contributed by atoms with Gasteiger partial charge in [0, 0.05) is 12.7 Å². The number of nitrogens with one attached hydrogen (secondary N) is 1. The Labute approximate surface area is 91.5 Å². The molecule has 84 valence electrons. The number of aliphatic hydroxyl groups excluding tert-OH is 1. The summed E-state index contributed by atoms with van der Waals surface area (Å²) >= 11 is 0. The topological polar surface area (TPSA) is 45.1 Å². The molecule has 0 saturated carbocycles. The van der Waals surface area contributed by atoms with Crippen molar-refractivity contribution in [3.8, 4) is 0 Å².